The number of nitrogens with two attached hydrogens (primary N) is 1. The molecule has 0 saturated heterocycles. The highest BCUT2D eigenvalue weighted by Crippen LogP contribution is 2.21. The van der Waals surface area contributed by atoms with Gasteiger partial charge in [0.1, 0.15) is 5.75 Å². The molecule has 19 heavy (non-hydrogen) atoms. The van der Waals surface area contributed by atoms with Gasteiger partial charge in [-0.2, -0.15) is 4.98 Å². The predicted octanol–water partition coefficient (Wildman–Crippen LogP) is 1.78. The topological polar surface area (TPSA) is 83.4 Å². The van der Waals surface area contributed by atoms with E-state index in [1.54, 1.807) is 7.11 Å². The highest BCUT2D eigenvalue weighted by atomic mass is 16.5. The molecule has 1 aromatic carbocycles. The van der Waals surface area contributed by atoms with E-state index >= 15 is 0 Å². The number of aromatic nitrogens is 2. The second-order valence-corrected chi connectivity index (χ2v) is 3.95. The molecule has 2 rings (SSSR count). The van der Waals surface area contributed by atoms with Crippen LogP contribution in [-0.4, -0.2) is 30.5 Å². The zero-order valence-corrected chi connectivity index (χ0v) is 11.0. The van der Waals surface area contributed by atoms with E-state index < -0.39 is 0 Å². The fourth-order valence-corrected chi connectivity index (χ4v) is 1.56. The lowest BCUT2D eigenvalue weighted by molar-refractivity contribution is 0.130. The van der Waals surface area contributed by atoms with Gasteiger partial charge in [-0.3, -0.25) is 0 Å². The number of hydrogen-bond donors (Lipinski definition) is 1. The van der Waals surface area contributed by atoms with E-state index in [2.05, 4.69) is 10.1 Å². The van der Waals surface area contributed by atoms with Gasteiger partial charge in [0.15, 0.2) is 5.82 Å². The van der Waals surface area contributed by atoms with Crippen molar-refractivity contribution >= 4 is 0 Å². The normalized spacial score (nSPS) is 12.4. The summed E-state index contributed by atoms with van der Waals surface area (Å²) < 4.78 is 15.5. The summed E-state index contributed by atoms with van der Waals surface area (Å²) in [4.78, 5) is 4.27. The molecule has 6 heteroatoms. The third-order valence-corrected chi connectivity index (χ3v) is 2.61. The molecular weight excluding hydrogens is 246 g/mol. The van der Waals surface area contributed by atoms with Crippen LogP contribution >= 0.6 is 0 Å². The van der Waals surface area contributed by atoms with Gasteiger partial charge in [-0.25, -0.2) is 0 Å². The summed E-state index contributed by atoms with van der Waals surface area (Å²) in [6.45, 7) is 2.89. The summed E-state index contributed by atoms with van der Waals surface area (Å²) in [5.74, 6) is 1.65. The second kappa shape index (κ2) is 6.31. The zero-order chi connectivity index (χ0) is 13.7. The minimum atomic E-state index is -0.379. The molecule has 1 heterocycles. The van der Waals surface area contributed by atoms with E-state index in [0.29, 0.717) is 24.9 Å². The van der Waals surface area contributed by atoms with Crippen LogP contribution in [0.2, 0.25) is 0 Å². The molecule has 2 aromatic rings. The SMILES string of the molecule is CCOCC(N)c1noc(-c2ccc(OC)cc2)n1. The van der Waals surface area contributed by atoms with Gasteiger partial charge in [-0.05, 0) is 31.2 Å². The van der Waals surface area contributed by atoms with Crippen molar-refractivity contribution in [3.05, 3.63) is 30.1 Å². The van der Waals surface area contributed by atoms with Crippen molar-refractivity contribution in [3.8, 4) is 17.2 Å². The molecule has 0 spiro atoms. The molecule has 0 saturated carbocycles. The Bertz CT molecular complexity index is 510. The summed E-state index contributed by atoms with van der Waals surface area (Å²) >= 11 is 0. The predicted molar refractivity (Wildman–Crippen MR) is 69.7 cm³/mol. The Balaban J connectivity index is 2.11. The number of nitrogens with zero attached hydrogens (tertiary/aromatic N) is 2. The zero-order valence-electron chi connectivity index (χ0n) is 11.0. The lowest BCUT2D eigenvalue weighted by Gasteiger charge is -2.05. The Labute approximate surface area is 111 Å². The van der Waals surface area contributed by atoms with Crippen molar-refractivity contribution in [2.75, 3.05) is 20.3 Å². The van der Waals surface area contributed by atoms with Gasteiger partial charge in [0.2, 0.25) is 0 Å². The average Bonchev–Trinajstić information content (AvgIpc) is 2.94. The number of hydrogen-bond acceptors (Lipinski definition) is 6. The van der Waals surface area contributed by atoms with E-state index in [-0.39, 0.29) is 6.04 Å². The maximum absolute atomic E-state index is 5.89. The molecule has 1 aromatic heterocycles. The molecule has 6 nitrogen and oxygen atoms in total. The first-order chi connectivity index (χ1) is 9.24. The quantitative estimate of drug-likeness (QED) is 0.855. The van der Waals surface area contributed by atoms with Crippen LogP contribution in [0.3, 0.4) is 0 Å². The minimum absolute atomic E-state index is 0.373. The van der Waals surface area contributed by atoms with Crippen molar-refractivity contribution in [1.29, 1.82) is 0 Å². The number of methoxy groups -OCH3 is 1. The summed E-state index contributed by atoms with van der Waals surface area (Å²) in [5, 5.41) is 3.87. The molecule has 0 aliphatic carbocycles. The van der Waals surface area contributed by atoms with Gasteiger partial charge in [-0.15, -0.1) is 0 Å². The van der Waals surface area contributed by atoms with Gasteiger partial charge < -0.3 is 19.7 Å². The molecule has 0 amide bonds. The molecule has 0 aliphatic rings. The summed E-state index contributed by atoms with van der Waals surface area (Å²) in [6.07, 6.45) is 0. The Kier molecular flexibility index (Phi) is 4.48. The second-order valence-electron chi connectivity index (χ2n) is 3.95. The van der Waals surface area contributed by atoms with E-state index in [1.807, 2.05) is 31.2 Å². The van der Waals surface area contributed by atoms with E-state index in [9.17, 15) is 0 Å². The summed E-state index contributed by atoms with van der Waals surface area (Å²) in [7, 11) is 1.62. The monoisotopic (exact) mass is 263 g/mol. The average molecular weight is 263 g/mol. The highest BCUT2D eigenvalue weighted by Gasteiger charge is 2.15. The Morgan fingerprint density at radius 1 is 1.32 bits per heavy atom. The van der Waals surface area contributed by atoms with Crippen LogP contribution in [0, 0.1) is 0 Å². The van der Waals surface area contributed by atoms with Gasteiger partial charge >= 0.3 is 0 Å². The van der Waals surface area contributed by atoms with E-state index in [4.69, 9.17) is 19.7 Å². The van der Waals surface area contributed by atoms with Gasteiger partial charge in [0.05, 0.1) is 19.8 Å². The van der Waals surface area contributed by atoms with Gasteiger partial charge in [0.25, 0.3) is 5.89 Å². The number of ether oxygens (including phenoxy) is 2. The van der Waals surface area contributed by atoms with Gasteiger partial charge in [0, 0.05) is 12.2 Å². The molecule has 0 fully saturated rings. The van der Waals surface area contributed by atoms with E-state index in [1.165, 1.54) is 0 Å². The molecule has 1 unspecified atom stereocenters. The minimum Gasteiger partial charge on any atom is -0.497 e. The Morgan fingerprint density at radius 2 is 2.05 bits per heavy atom. The van der Waals surface area contributed by atoms with Crippen molar-refractivity contribution in [3.63, 3.8) is 0 Å². The third-order valence-electron chi connectivity index (χ3n) is 2.61. The maximum Gasteiger partial charge on any atom is 0.257 e. The van der Waals surface area contributed by atoms with Crippen LogP contribution in [0.1, 0.15) is 18.8 Å². The largest absolute Gasteiger partial charge is 0.497 e. The Morgan fingerprint density at radius 3 is 2.68 bits per heavy atom. The first kappa shape index (κ1) is 13.5. The van der Waals surface area contributed by atoms with Crippen LogP contribution in [0.25, 0.3) is 11.5 Å². The maximum atomic E-state index is 5.89. The van der Waals surface area contributed by atoms with Crippen molar-refractivity contribution in [2.24, 2.45) is 5.73 Å². The molecule has 1 atom stereocenters. The molecule has 0 radical (unpaired) electrons. The molecular formula is C13H17N3O3. The third kappa shape index (κ3) is 3.30. The van der Waals surface area contributed by atoms with Crippen LogP contribution < -0.4 is 10.5 Å². The first-order valence-electron chi connectivity index (χ1n) is 6.06. The fraction of sp³-hybridized carbons (Fsp3) is 0.385. The molecule has 0 bridgehead atoms. The van der Waals surface area contributed by atoms with Crippen LogP contribution in [0.15, 0.2) is 28.8 Å². The van der Waals surface area contributed by atoms with Crippen LogP contribution in [0.5, 0.6) is 5.75 Å². The Hall–Kier alpha value is -1.92. The number of rotatable bonds is 6. The van der Waals surface area contributed by atoms with Gasteiger partial charge in [-0.1, -0.05) is 5.16 Å². The molecule has 102 valence electrons. The summed E-state index contributed by atoms with van der Waals surface area (Å²) in [5.41, 5.74) is 6.71. The molecule has 2 N–H and O–H groups in total. The molecule has 0 aliphatic heterocycles. The summed E-state index contributed by atoms with van der Waals surface area (Å²) in [6, 6.07) is 6.99. The van der Waals surface area contributed by atoms with E-state index in [0.717, 1.165) is 11.3 Å². The fourth-order valence-electron chi connectivity index (χ4n) is 1.56. The van der Waals surface area contributed by atoms with Crippen LogP contribution in [-0.2, 0) is 4.74 Å². The lowest BCUT2D eigenvalue weighted by atomic mass is 10.2. The lowest BCUT2D eigenvalue weighted by Crippen LogP contribution is -2.18. The first-order valence-corrected chi connectivity index (χ1v) is 6.06. The van der Waals surface area contributed by atoms with Crippen LogP contribution in [0.4, 0.5) is 0 Å². The van der Waals surface area contributed by atoms with Crippen molar-refractivity contribution < 1.29 is 14.0 Å². The number of benzene rings is 1. The standard InChI is InChI=1S/C13H17N3O3/c1-3-18-8-11(14)12-15-13(19-16-12)9-4-6-10(17-2)7-5-9/h4-7,11H,3,8,14H2,1-2H3. The van der Waals surface area contributed by atoms with Crippen molar-refractivity contribution in [1.82, 2.24) is 10.1 Å². The smallest absolute Gasteiger partial charge is 0.257 e. The van der Waals surface area contributed by atoms with Crippen molar-refractivity contribution in [2.45, 2.75) is 13.0 Å². The highest BCUT2D eigenvalue weighted by molar-refractivity contribution is 5.54.